The van der Waals surface area contributed by atoms with Crippen molar-refractivity contribution in [2.45, 2.75) is 20.0 Å². The molecule has 0 aliphatic carbocycles. The second-order valence-electron chi connectivity index (χ2n) is 4.12. The molecule has 0 saturated heterocycles. The number of hydrogen-bond donors (Lipinski definition) is 2. The van der Waals surface area contributed by atoms with Crippen molar-refractivity contribution < 1.29 is 14.6 Å². The Kier molecular flexibility index (Phi) is 6.32. The van der Waals surface area contributed by atoms with Crippen molar-refractivity contribution in [1.29, 1.82) is 0 Å². The molecule has 1 rings (SSSR count). The number of carbonyl (C=O) groups is 1. The van der Waals surface area contributed by atoms with Crippen LogP contribution in [0.2, 0.25) is 5.02 Å². The van der Waals surface area contributed by atoms with Gasteiger partial charge >= 0.3 is 5.97 Å². The molecule has 1 aromatic rings. The molecular weight excluding hydrogens is 268 g/mol. The highest BCUT2D eigenvalue weighted by Gasteiger charge is 2.02. The summed E-state index contributed by atoms with van der Waals surface area (Å²) in [5, 5.41) is 12.0. The summed E-state index contributed by atoms with van der Waals surface area (Å²) in [5.41, 5.74) is 0.636. The number of pyridine rings is 1. The third kappa shape index (κ3) is 6.22. The van der Waals surface area contributed by atoms with Crippen LogP contribution in [0, 0.1) is 0 Å². The molecule has 0 aliphatic heterocycles. The first-order chi connectivity index (χ1) is 8.99. The fourth-order valence-corrected chi connectivity index (χ4v) is 1.55. The zero-order chi connectivity index (χ0) is 14.3. The van der Waals surface area contributed by atoms with Gasteiger partial charge in [0.15, 0.2) is 0 Å². The minimum Gasteiger partial charge on any atom is -0.478 e. The smallest absolute Gasteiger partial charge is 0.328 e. The zero-order valence-electron chi connectivity index (χ0n) is 10.9. The maximum absolute atomic E-state index is 10.4. The van der Waals surface area contributed by atoms with Gasteiger partial charge in [0.05, 0.1) is 17.7 Å². The fraction of sp³-hybridized carbons (Fsp3) is 0.385. The van der Waals surface area contributed by atoms with E-state index in [0.29, 0.717) is 29.6 Å². The van der Waals surface area contributed by atoms with Crippen LogP contribution in [-0.4, -0.2) is 35.3 Å². The van der Waals surface area contributed by atoms with Crippen LogP contribution in [0.3, 0.4) is 0 Å². The monoisotopic (exact) mass is 284 g/mol. The molecule has 0 aliphatic rings. The van der Waals surface area contributed by atoms with Crippen molar-refractivity contribution in [2.75, 3.05) is 18.5 Å². The summed E-state index contributed by atoms with van der Waals surface area (Å²) < 4.78 is 5.38. The lowest BCUT2D eigenvalue weighted by Gasteiger charge is -2.10. The molecule has 19 heavy (non-hydrogen) atoms. The Morgan fingerprint density at radius 3 is 2.95 bits per heavy atom. The first kappa shape index (κ1) is 15.5. The first-order valence-corrected chi connectivity index (χ1v) is 6.29. The van der Waals surface area contributed by atoms with Crippen molar-refractivity contribution in [2.24, 2.45) is 0 Å². The first-order valence-electron chi connectivity index (χ1n) is 5.91. The number of nitrogens with one attached hydrogen (secondary N) is 1. The van der Waals surface area contributed by atoms with Gasteiger partial charge in [0, 0.05) is 18.8 Å². The normalized spacial score (nSPS) is 11.2. The second-order valence-corrected chi connectivity index (χ2v) is 4.52. The Morgan fingerprint density at radius 2 is 2.37 bits per heavy atom. The van der Waals surface area contributed by atoms with Crippen molar-refractivity contribution >= 4 is 29.5 Å². The van der Waals surface area contributed by atoms with Crippen LogP contribution >= 0.6 is 11.6 Å². The van der Waals surface area contributed by atoms with Crippen LogP contribution in [0.5, 0.6) is 0 Å². The van der Waals surface area contributed by atoms with E-state index in [-0.39, 0.29) is 6.10 Å². The number of halogens is 1. The molecule has 0 aromatic carbocycles. The highest BCUT2D eigenvalue weighted by Crippen LogP contribution is 2.20. The van der Waals surface area contributed by atoms with Gasteiger partial charge in [-0.2, -0.15) is 0 Å². The predicted octanol–water partition coefficient (Wildman–Crippen LogP) is 2.67. The number of anilines is 1. The third-order valence-corrected chi connectivity index (χ3v) is 2.41. The highest BCUT2D eigenvalue weighted by atomic mass is 35.5. The summed E-state index contributed by atoms with van der Waals surface area (Å²) in [7, 11) is 0. The van der Waals surface area contributed by atoms with Gasteiger partial charge in [-0.1, -0.05) is 11.6 Å². The third-order valence-electron chi connectivity index (χ3n) is 2.13. The molecule has 104 valence electrons. The van der Waals surface area contributed by atoms with Crippen LogP contribution in [0.15, 0.2) is 18.3 Å². The molecule has 0 spiro atoms. The van der Waals surface area contributed by atoms with Crippen LogP contribution in [0.1, 0.15) is 19.4 Å². The Hall–Kier alpha value is -1.59. The topological polar surface area (TPSA) is 71.5 Å². The number of ether oxygens (including phenoxy) is 1. The number of nitrogens with zero attached hydrogens (tertiary/aromatic N) is 1. The molecule has 0 amide bonds. The molecular formula is C13H17ClN2O3. The lowest BCUT2D eigenvalue weighted by Crippen LogP contribution is -2.14. The van der Waals surface area contributed by atoms with Gasteiger partial charge in [-0.15, -0.1) is 0 Å². The van der Waals surface area contributed by atoms with E-state index in [1.54, 1.807) is 12.3 Å². The average Bonchev–Trinajstić information content (AvgIpc) is 2.33. The number of aromatic nitrogens is 1. The molecule has 1 aromatic heterocycles. The van der Waals surface area contributed by atoms with Gasteiger partial charge in [-0.05, 0) is 31.6 Å². The van der Waals surface area contributed by atoms with Crippen LogP contribution < -0.4 is 5.32 Å². The number of carboxylic acid groups (broad SMARTS) is 1. The summed E-state index contributed by atoms with van der Waals surface area (Å²) in [4.78, 5) is 14.5. The minimum absolute atomic E-state index is 0.189. The average molecular weight is 285 g/mol. The number of hydrogen-bond acceptors (Lipinski definition) is 4. The van der Waals surface area contributed by atoms with E-state index < -0.39 is 5.97 Å². The van der Waals surface area contributed by atoms with Crippen LogP contribution in [0.4, 0.5) is 5.82 Å². The largest absolute Gasteiger partial charge is 0.478 e. The van der Waals surface area contributed by atoms with Crippen LogP contribution in [-0.2, 0) is 9.53 Å². The molecule has 5 nitrogen and oxygen atoms in total. The fourth-order valence-electron chi connectivity index (χ4n) is 1.31. The standard InChI is InChI=1S/C13H17ClN2O3/c1-9(2)19-6-5-15-13-11(14)7-10(8-16-13)3-4-12(17)18/h3-4,7-9H,5-6H2,1-2H3,(H,15,16)(H,17,18). The maximum Gasteiger partial charge on any atom is 0.328 e. The van der Waals surface area contributed by atoms with Crippen molar-refractivity contribution in [3.63, 3.8) is 0 Å². The molecule has 0 bridgehead atoms. The van der Waals surface area contributed by atoms with Gasteiger partial charge in [-0.25, -0.2) is 9.78 Å². The van der Waals surface area contributed by atoms with E-state index in [1.165, 1.54) is 6.08 Å². The van der Waals surface area contributed by atoms with Crippen LogP contribution in [0.25, 0.3) is 6.08 Å². The zero-order valence-corrected chi connectivity index (χ0v) is 11.6. The SMILES string of the molecule is CC(C)OCCNc1ncc(C=CC(=O)O)cc1Cl. The highest BCUT2D eigenvalue weighted by molar-refractivity contribution is 6.33. The van der Waals surface area contributed by atoms with Gasteiger partial charge < -0.3 is 15.2 Å². The molecule has 1 heterocycles. The molecule has 0 saturated carbocycles. The molecule has 0 unspecified atom stereocenters. The molecule has 0 atom stereocenters. The molecule has 0 radical (unpaired) electrons. The van der Waals surface area contributed by atoms with E-state index in [4.69, 9.17) is 21.4 Å². The Bertz CT molecular complexity index is 461. The van der Waals surface area contributed by atoms with Crippen molar-refractivity contribution in [1.82, 2.24) is 4.98 Å². The summed E-state index contributed by atoms with van der Waals surface area (Å²) in [5.74, 6) is -0.453. The summed E-state index contributed by atoms with van der Waals surface area (Å²) in [6.07, 6.45) is 4.22. The van der Waals surface area contributed by atoms with Gasteiger partial charge in [0.1, 0.15) is 5.82 Å². The number of rotatable bonds is 7. The van der Waals surface area contributed by atoms with Crippen molar-refractivity contribution in [3.8, 4) is 0 Å². The minimum atomic E-state index is -1.01. The molecule has 2 N–H and O–H groups in total. The second kappa shape index (κ2) is 7.76. The maximum atomic E-state index is 10.4. The van der Waals surface area contributed by atoms with E-state index in [1.807, 2.05) is 13.8 Å². The number of carboxylic acids is 1. The molecule has 0 fully saturated rings. The Balaban J connectivity index is 2.55. The number of aliphatic carboxylic acids is 1. The predicted molar refractivity (Wildman–Crippen MR) is 75.5 cm³/mol. The van der Waals surface area contributed by atoms with E-state index in [9.17, 15) is 4.79 Å². The lowest BCUT2D eigenvalue weighted by atomic mass is 10.2. The Labute approximate surface area is 117 Å². The summed E-state index contributed by atoms with van der Waals surface area (Å²) >= 11 is 6.04. The lowest BCUT2D eigenvalue weighted by molar-refractivity contribution is -0.131. The Morgan fingerprint density at radius 1 is 1.63 bits per heavy atom. The van der Waals surface area contributed by atoms with Gasteiger partial charge in [-0.3, -0.25) is 0 Å². The van der Waals surface area contributed by atoms with Gasteiger partial charge in [0.2, 0.25) is 0 Å². The van der Waals surface area contributed by atoms with E-state index in [0.717, 1.165) is 6.08 Å². The van der Waals surface area contributed by atoms with Gasteiger partial charge in [0.25, 0.3) is 0 Å². The quantitative estimate of drug-likeness (QED) is 0.595. The summed E-state index contributed by atoms with van der Waals surface area (Å²) in [6, 6.07) is 1.65. The van der Waals surface area contributed by atoms with E-state index in [2.05, 4.69) is 10.3 Å². The summed E-state index contributed by atoms with van der Waals surface area (Å²) in [6.45, 7) is 5.11. The van der Waals surface area contributed by atoms with E-state index >= 15 is 0 Å². The van der Waals surface area contributed by atoms with Crippen molar-refractivity contribution in [3.05, 3.63) is 28.9 Å². The molecule has 6 heteroatoms.